The van der Waals surface area contributed by atoms with Gasteiger partial charge in [-0.15, -0.1) is 0 Å². The Kier molecular flexibility index (Phi) is 4.36. The largest absolute Gasteiger partial charge is 0.490 e. The van der Waals surface area contributed by atoms with Gasteiger partial charge in [0.1, 0.15) is 5.82 Å². The van der Waals surface area contributed by atoms with Crippen LogP contribution in [0.4, 0.5) is 14.5 Å². The topological polar surface area (TPSA) is 44.5 Å². The van der Waals surface area contributed by atoms with Crippen LogP contribution in [0.3, 0.4) is 0 Å². The molecule has 0 radical (unpaired) electrons. The van der Waals surface area contributed by atoms with Gasteiger partial charge in [0.25, 0.3) is 0 Å². The molecule has 0 aromatic heterocycles. The molecule has 5 heteroatoms. The first kappa shape index (κ1) is 13.1. The maximum absolute atomic E-state index is 13.4. The first-order chi connectivity index (χ1) is 8.66. The van der Waals surface area contributed by atoms with Crippen LogP contribution in [0.1, 0.15) is 25.7 Å². The maximum Gasteiger partial charge on any atom is 0.167 e. The Morgan fingerprint density at radius 2 is 2.17 bits per heavy atom. The number of nitrogens with two attached hydrogens (primary N) is 1. The molecule has 2 rings (SSSR count). The highest BCUT2D eigenvalue weighted by Gasteiger charge is 2.15. The summed E-state index contributed by atoms with van der Waals surface area (Å²) in [4.78, 5) is 0. The molecule has 2 N–H and O–H groups in total. The molecule has 1 atom stereocenters. The zero-order valence-electron chi connectivity index (χ0n) is 10.1. The van der Waals surface area contributed by atoms with Crippen LogP contribution in [-0.2, 0) is 4.74 Å². The Labute approximate surface area is 105 Å². The molecule has 1 heterocycles. The van der Waals surface area contributed by atoms with Gasteiger partial charge >= 0.3 is 0 Å². The fraction of sp³-hybridized carbons (Fsp3) is 0.538. The number of anilines is 1. The van der Waals surface area contributed by atoms with Gasteiger partial charge in [0.05, 0.1) is 18.4 Å². The van der Waals surface area contributed by atoms with Crippen molar-refractivity contribution in [2.75, 3.05) is 18.9 Å². The minimum absolute atomic E-state index is 0.0889. The molecule has 100 valence electrons. The third kappa shape index (κ3) is 3.32. The zero-order valence-corrected chi connectivity index (χ0v) is 10.1. The molecule has 1 unspecified atom stereocenters. The summed E-state index contributed by atoms with van der Waals surface area (Å²) in [6, 6.07) is 1.92. The van der Waals surface area contributed by atoms with E-state index >= 15 is 0 Å². The van der Waals surface area contributed by atoms with Gasteiger partial charge in [-0.2, -0.15) is 0 Å². The van der Waals surface area contributed by atoms with Gasteiger partial charge in [-0.3, -0.25) is 0 Å². The zero-order chi connectivity index (χ0) is 13.0. The second-order valence-electron chi connectivity index (χ2n) is 4.43. The van der Waals surface area contributed by atoms with E-state index in [1.54, 1.807) is 0 Å². The van der Waals surface area contributed by atoms with Crippen LogP contribution < -0.4 is 10.5 Å². The maximum atomic E-state index is 13.4. The molecule has 1 saturated heterocycles. The van der Waals surface area contributed by atoms with Crippen molar-refractivity contribution in [2.45, 2.75) is 31.8 Å². The summed E-state index contributed by atoms with van der Waals surface area (Å²) in [5, 5.41) is 0. The van der Waals surface area contributed by atoms with Gasteiger partial charge in [-0.05, 0) is 25.7 Å². The molecule has 1 aliphatic rings. The third-order valence-corrected chi connectivity index (χ3v) is 3.00. The van der Waals surface area contributed by atoms with Gasteiger partial charge in [0.2, 0.25) is 0 Å². The smallest absolute Gasteiger partial charge is 0.167 e. The lowest BCUT2D eigenvalue weighted by Gasteiger charge is -2.11. The van der Waals surface area contributed by atoms with Crippen molar-refractivity contribution in [3.8, 4) is 5.75 Å². The van der Waals surface area contributed by atoms with Crippen molar-refractivity contribution in [1.82, 2.24) is 0 Å². The lowest BCUT2D eigenvalue weighted by Crippen LogP contribution is -2.08. The van der Waals surface area contributed by atoms with E-state index < -0.39 is 11.6 Å². The highest BCUT2D eigenvalue weighted by Crippen LogP contribution is 2.23. The van der Waals surface area contributed by atoms with E-state index in [9.17, 15) is 8.78 Å². The van der Waals surface area contributed by atoms with E-state index in [0.717, 1.165) is 44.4 Å². The summed E-state index contributed by atoms with van der Waals surface area (Å²) < 4.78 is 37.1. The van der Waals surface area contributed by atoms with E-state index in [0.29, 0.717) is 12.7 Å². The van der Waals surface area contributed by atoms with E-state index in [-0.39, 0.29) is 11.4 Å². The molecule has 0 bridgehead atoms. The van der Waals surface area contributed by atoms with Crippen molar-refractivity contribution >= 4 is 5.69 Å². The first-order valence-corrected chi connectivity index (χ1v) is 6.16. The van der Waals surface area contributed by atoms with E-state index in [1.165, 1.54) is 0 Å². The average Bonchev–Trinajstić information content (AvgIpc) is 2.84. The van der Waals surface area contributed by atoms with E-state index in [4.69, 9.17) is 15.2 Å². The summed E-state index contributed by atoms with van der Waals surface area (Å²) in [5.41, 5.74) is 5.03. The van der Waals surface area contributed by atoms with Crippen molar-refractivity contribution in [3.05, 3.63) is 23.8 Å². The molecule has 1 aromatic carbocycles. The molecule has 18 heavy (non-hydrogen) atoms. The van der Waals surface area contributed by atoms with Crippen LogP contribution in [0.5, 0.6) is 5.75 Å². The lowest BCUT2D eigenvalue weighted by molar-refractivity contribution is 0.0979. The molecule has 0 spiro atoms. The Morgan fingerprint density at radius 3 is 2.89 bits per heavy atom. The molecule has 1 aliphatic heterocycles. The summed E-state index contributed by atoms with van der Waals surface area (Å²) in [6.45, 7) is 1.17. The number of nitrogen functional groups attached to an aromatic ring is 1. The van der Waals surface area contributed by atoms with Gasteiger partial charge in [-0.25, -0.2) is 8.78 Å². The molecule has 0 saturated carbocycles. The quantitative estimate of drug-likeness (QED) is 0.651. The number of halogens is 2. The summed E-state index contributed by atoms with van der Waals surface area (Å²) in [6.07, 6.45) is 4.12. The molecule has 3 nitrogen and oxygen atoms in total. The Hall–Kier alpha value is -1.36. The van der Waals surface area contributed by atoms with Crippen LogP contribution in [-0.4, -0.2) is 19.3 Å². The van der Waals surface area contributed by atoms with Crippen LogP contribution in [0.25, 0.3) is 0 Å². The van der Waals surface area contributed by atoms with Crippen LogP contribution in [0.15, 0.2) is 12.1 Å². The van der Waals surface area contributed by atoms with Crippen molar-refractivity contribution in [2.24, 2.45) is 0 Å². The second kappa shape index (κ2) is 6.00. The minimum Gasteiger partial charge on any atom is -0.490 e. The van der Waals surface area contributed by atoms with Crippen molar-refractivity contribution in [3.63, 3.8) is 0 Å². The molecular formula is C13H17F2NO2. The number of benzene rings is 1. The summed E-state index contributed by atoms with van der Waals surface area (Å²) >= 11 is 0. The average molecular weight is 257 g/mol. The van der Waals surface area contributed by atoms with Gasteiger partial charge in [0.15, 0.2) is 11.6 Å². The summed E-state index contributed by atoms with van der Waals surface area (Å²) in [7, 11) is 0. The number of hydrogen-bond acceptors (Lipinski definition) is 3. The third-order valence-electron chi connectivity index (χ3n) is 3.00. The summed E-state index contributed by atoms with van der Waals surface area (Å²) in [5.74, 6) is -1.38. The Balaban J connectivity index is 1.77. The Morgan fingerprint density at radius 1 is 1.33 bits per heavy atom. The van der Waals surface area contributed by atoms with Gasteiger partial charge in [0, 0.05) is 18.7 Å². The molecular weight excluding hydrogens is 240 g/mol. The van der Waals surface area contributed by atoms with Crippen LogP contribution >= 0.6 is 0 Å². The van der Waals surface area contributed by atoms with E-state index in [1.807, 2.05) is 0 Å². The first-order valence-electron chi connectivity index (χ1n) is 6.16. The monoisotopic (exact) mass is 257 g/mol. The predicted octanol–water partition coefficient (Wildman–Crippen LogP) is 2.89. The fourth-order valence-corrected chi connectivity index (χ4v) is 2.02. The molecule has 0 aliphatic carbocycles. The predicted molar refractivity (Wildman–Crippen MR) is 64.5 cm³/mol. The standard InChI is InChI=1S/C13H17F2NO2/c14-10-8-13(11(15)7-12(10)16)18-6-2-4-9-3-1-5-17-9/h7-9H,1-6,16H2. The molecule has 1 fully saturated rings. The van der Waals surface area contributed by atoms with E-state index in [2.05, 4.69) is 0 Å². The number of ether oxygens (including phenoxy) is 2. The fourth-order valence-electron chi connectivity index (χ4n) is 2.02. The normalized spacial score (nSPS) is 19.1. The number of hydrogen-bond donors (Lipinski definition) is 1. The second-order valence-corrected chi connectivity index (χ2v) is 4.43. The van der Waals surface area contributed by atoms with Crippen LogP contribution in [0, 0.1) is 11.6 Å². The van der Waals surface area contributed by atoms with Crippen molar-refractivity contribution < 1.29 is 18.3 Å². The van der Waals surface area contributed by atoms with Crippen LogP contribution in [0.2, 0.25) is 0 Å². The highest BCUT2D eigenvalue weighted by molar-refractivity contribution is 5.44. The lowest BCUT2D eigenvalue weighted by atomic mass is 10.1. The Bertz CT molecular complexity index is 406. The molecule has 1 aromatic rings. The number of rotatable bonds is 5. The van der Waals surface area contributed by atoms with Gasteiger partial charge in [-0.1, -0.05) is 0 Å². The minimum atomic E-state index is -0.662. The van der Waals surface area contributed by atoms with Crippen molar-refractivity contribution in [1.29, 1.82) is 0 Å². The van der Waals surface area contributed by atoms with Gasteiger partial charge < -0.3 is 15.2 Å². The SMILES string of the molecule is Nc1cc(F)c(OCCCC2CCCO2)cc1F. The molecule has 0 amide bonds. The highest BCUT2D eigenvalue weighted by atomic mass is 19.1.